The maximum atomic E-state index is 13.5. The van der Waals surface area contributed by atoms with Crippen LogP contribution in [0.4, 0.5) is 14.9 Å². The summed E-state index contributed by atoms with van der Waals surface area (Å²) in [5, 5.41) is 5.20. The number of anilines is 1. The van der Waals surface area contributed by atoms with Crippen LogP contribution in [0.25, 0.3) is 11.0 Å². The number of amides is 2. The minimum Gasteiger partial charge on any atom is -0.340 e. The zero-order chi connectivity index (χ0) is 15.5. The average Bonchev–Trinajstić information content (AvgIpc) is 2.93. The second-order valence-electron chi connectivity index (χ2n) is 4.94. The number of halogens is 1. The van der Waals surface area contributed by atoms with E-state index in [1.807, 2.05) is 24.3 Å². The molecule has 1 atom stereocenters. The van der Waals surface area contributed by atoms with Gasteiger partial charge in [-0.05, 0) is 31.2 Å². The van der Waals surface area contributed by atoms with E-state index >= 15 is 0 Å². The Balaban J connectivity index is 1.69. The highest BCUT2D eigenvalue weighted by Crippen LogP contribution is 2.16. The summed E-state index contributed by atoms with van der Waals surface area (Å²) in [7, 11) is 0. The number of hydrogen-bond donors (Lipinski definition) is 3. The molecule has 0 fully saturated rings. The van der Waals surface area contributed by atoms with Crippen LogP contribution >= 0.6 is 0 Å². The lowest BCUT2D eigenvalue weighted by Gasteiger charge is -2.12. The van der Waals surface area contributed by atoms with Crippen molar-refractivity contribution in [3.63, 3.8) is 0 Å². The number of aromatic nitrogens is 2. The fourth-order valence-electron chi connectivity index (χ4n) is 2.16. The van der Waals surface area contributed by atoms with Gasteiger partial charge in [0.25, 0.3) is 0 Å². The SMILES string of the molecule is CC(NC(=O)Nc1ccccc1F)c1nc2ccccc2[nH]1. The Kier molecular flexibility index (Phi) is 3.74. The number of fused-ring (bicyclic) bond motifs is 1. The first kappa shape index (κ1) is 14.1. The molecule has 0 aliphatic carbocycles. The number of para-hydroxylation sites is 3. The smallest absolute Gasteiger partial charge is 0.319 e. The second-order valence-corrected chi connectivity index (χ2v) is 4.94. The molecule has 0 saturated carbocycles. The summed E-state index contributed by atoms with van der Waals surface area (Å²) in [5.74, 6) is 0.166. The van der Waals surface area contributed by atoms with Gasteiger partial charge in [-0.25, -0.2) is 14.2 Å². The van der Waals surface area contributed by atoms with Crippen molar-refractivity contribution in [1.82, 2.24) is 15.3 Å². The number of rotatable bonds is 3. The van der Waals surface area contributed by atoms with Crippen molar-refractivity contribution in [2.45, 2.75) is 13.0 Å². The summed E-state index contributed by atoms with van der Waals surface area (Å²) in [6.07, 6.45) is 0. The molecule has 0 aliphatic heterocycles. The Bertz CT molecular complexity index is 782. The number of imidazole rings is 1. The Morgan fingerprint density at radius 3 is 2.68 bits per heavy atom. The van der Waals surface area contributed by atoms with Crippen LogP contribution in [-0.2, 0) is 0 Å². The van der Waals surface area contributed by atoms with E-state index < -0.39 is 11.8 Å². The van der Waals surface area contributed by atoms with Gasteiger partial charge in [0.05, 0.1) is 22.8 Å². The number of carbonyl (C=O) groups excluding carboxylic acids is 1. The molecule has 0 radical (unpaired) electrons. The molecular formula is C16H15FN4O. The minimum atomic E-state index is -0.488. The molecule has 3 N–H and O–H groups in total. The number of nitrogens with zero attached hydrogens (tertiary/aromatic N) is 1. The fraction of sp³-hybridized carbons (Fsp3) is 0.125. The van der Waals surface area contributed by atoms with Crippen LogP contribution in [0, 0.1) is 5.82 Å². The Morgan fingerprint density at radius 2 is 1.91 bits per heavy atom. The zero-order valence-corrected chi connectivity index (χ0v) is 11.9. The van der Waals surface area contributed by atoms with Gasteiger partial charge in [0.2, 0.25) is 0 Å². The topological polar surface area (TPSA) is 69.8 Å². The van der Waals surface area contributed by atoms with E-state index in [-0.39, 0.29) is 11.7 Å². The van der Waals surface area contributed by atoms with Crippen LogP contribution in [0.2, 0.25) is 0 Å². The fourth-order valence-corrected chi connectivity index (χ4v) is 2.16. The molecule has 1 unspecified atom stereocenters. The van der Waals surface area contributed by atoms with E-state index in [1.165, 1.54) is 12.1 Å². The van der Waals surface area contributed by atoms with Crippen LogP contribution in [0.5, 0.6) is 0 Å². The van der Waals surface area contributed by atoms with Gasteiger partial charge in [0.15, 0.2) is 0 Å². The molecule has 0 bridgehead atoms. The first-order chi connectivity index (χ1) is 10.6. The highest BCUT2D eigenvalue weighted by atomic mass is 19.1. The van der Waals surface area contributed by atoms with Crippen LogP contribution in [0.15, 0.2) is 48.5 Å². The average molecular weight is 298 g/mol. The van der Waals surface area contributed by atoms with E-state index in [2.05, 4.69) is 20.6 Å². The molecule has 5 nitrogen and oxygen atoms in total. The summed E-state index contributed by atoms with van der Waals surface area (Å²) in [6.45, 7) is 1.80. The van der Waals surface area contributed by atoms with Gasteiger partial charge in [-0.3, -0.25) is 0 Å². The summed E-state index contributed by atoms with van der Waals surface area (Å²) >= 11 is 0. The van der Waals surface area contributed by atoms with Gasteiger partial charge >= 0.3 is 6.03 Å². The molecule has 22 heavy (non-hydrogen) atoms. The third-order valence-electron chi connectivity index (χ3n) is 3.29. The van der Waals surface area contributed by atoms with Crippen molar-refractivity contribution in [3.8, 4) is 0 Å². The molecule has 3 rings (SSSR count). The molecule has 1 heterocycles. The molecule has 112 valence electrons. The number of H-pyrrole nitrogens is 1. The molecule has 0 spiro atoms. The largest absolute Gasteiger partial charge is 0.340 e. The predicted octanol–water partition coefficient (Wildman–Crippen LogP) is 3.58. The van der Waals surface area contributed by atoms with E-state index in [0.29, 0.717) is 5.82 Å². The summed E-state index contributed by atoms with van der Waals surface area (Å²) < 4.78 is 13.5. The van der Waals surface area contributed by atoms with Crippen molar-refractivity contribution in [2.75, 3.05) is 5.32 Å². The van der Waals surface area contributed by atoms with E-state index in [4.69, 9.17) is 0 Å². The van der Waals surface area contributed by atoms with Gasteiger partial charge in [-0.2, -0.15) is 0 Å². The maximum Gasteiger partial charge on any atom is 0.319 e. The number of nitrogens with one attached hydrogen (secondary N) is 3. The van der Waals surface area contributed by atoms with E-state index in [1.54, 1.807) is 19.1 Å². The third kappa shape index (κ3) is 2.90. The Morgan fingerprint density at radius 1 is 1.18 bits per heavy atom. The maximum absolute atomic E-state index is 13.5. The van der Waals surface area contributed by atoms with Crippen molar-refractivity contribution in [1.29, 1.82) is 0 Å². The highest BCUT2D eigenvalue weighted by molar-refractivity contribution is 5.89. The lowest BCUT2D eigenvalue weighted by atomic mass is 10.3. The van der Waals surface area contributed by atoms with Gasteiger partial charge in [-0.15, -0.1) is 0 Å². The second kappa shape index (κ2) is 5.85. The quantitative estimate of drug-likeness (QED) is 0.691. The minimum absolute atomic E-state index is 0.136. The summed E-state index contributed by atoms with van der Waals surface area (Å²) in [5.41, 5.74) is 1.87. The molecule has 0 saturated heterocycles. The molecule has 3 aromatic rings. The Hall–Kier alpha value is -2.89. The van der Waals surface area contributed by atoms with Crippen molar-refractivity contribution in [2.24, 2.45) is 0 Å². The van der Waals surface area contributed by atoms with Gasteiger partial charge in [0, 0.05) is 0 Å². The third-order valence-corrected chi connectivity index (χ3v) is 3.29. The highest BCUT2D eigenvalue weighted by Gasteiger charge is 2.14. The number of aromatic amines is 1. The first-order valence-electron chi connectivity index (χ1n) is 6.90. The molecule has 1 aromatic heterocycles. The lowest BCUT2D eigenvalue weighted by molar-refractivity contribution is 0.249. The Labute approximate surface area is 126 Å². The number of carbonyl (C=O) groups is 1. The van der Waals surface area contributed by atoms with Gasteiger partial charge in [0.1, 0.15) is 11.6 Å². The normalized spacial score (nSPS) is 12.1. The van der Waals surface area contributed by atoms with Crippen molar-refractivity contribution >= 4 is 22.8 Å². The number of hydrogen-bond acceptors (Lipinski definition) is 2. The summed E-state index contributed by atoms with van der Waals surface area (Å²) in [6, 6.07) is 12.8. The van der Waals surface area contributed by atoms with Crippen LogP contribution in [0.1, 0.15) is 18.8 Å². The number of urea groups is 1. The summed E-state index contributed by atoms with van der Waals surface area (Å²) in [4.78, 5) is 19.5. The number of benzene rings is 2. The molecule has 2 aromatic carbocycles. The van der Waals surface area contributed by atoms with Gasteiger partial charge < -0.3 is 15.6 Å². The van der Waals surface area contributed by atoms with Crippen LogP contribution in [-0.4, -0.2) is 16.0 Å². The zero-order valence-electron chi connectivity index (χ0n) is 11.9. The van der Waals surface area contributed by atoms with Crippen LogP contribution < -0.4 is 10.6 Å². The lowest BCUT2D eigenvalue weighted by Crippen LogP contribution is -2.31. The van der Waals surface area contributed by atoms with Crippen molar-refractivity contribution in [3.05, 3.63) is 60.2 Å². The predicted molar refractivity (Wildman–Crippen MR) is 83.1 cm³/mol. The molecule has 0 aliphatic rings. The van der Waals surface area contributed by atoms with Crippen molar-refractivity contribution < 1.29 is 9.18 Å². The molecule has 2 amide bonds. The molecular weight excluding hydrogens is 283 g/mol. The first-order valence-corrected chi connectivity index (χ1v) is 6.90. The monoisotopic (exact) mass is 298 g/mol. The molecule has 6 heteroatoms. The standard InChI is InChI=1S/C16H15FN4O/c1-10(15-19-13-8-4-5-9-14(13)20-15)18-16(22)21-12-7-3-2-6-11(12)17/h2-10H,1H3,(H,19,20)(H2,18,21,22). The van der Waals surface area contributed by atoms with E-state index in [9.17, 15) is 9.18 Å². The van der Waals surface area contributed by atoms with E-state index in [0.717, 1.165) is 11.0 Å². The van der Waals surface area contributed by atoms with Crippen LogP contribution in [0.3, 0.4) is 0 Å². The van der Waals surface area contributed by atoms with Gasteiger partial charge in [-0.1, -0.05) is 24.3 Å².